The summed E-state index contributed by atoms with van der Waals surface area (Å²) in [5, 5.41) is 14.1. The fraction of sp³-hybridized carbons (Fsp3) is 0.833. The number of rotatable bonds is 10. The van der Waals surface area contributed by atoms with Crippen molar-refractivity contribution >= 4 is 23.8 Å². The lowest BCUT2D eigenvalue weighted by Gasteiger charge is -2.13. The van der Waals surface area contributed by atoms with E-state index in [1.54, 1.807) is 11.8 Å². The SMILES string of the molecule is CCSCC(C)NC(=O)NCCCCCC(=O)O. The zero-order chi connectivity index (χ0) is 13.8. The summed E-state index contributed by atoms with van der Waals surface area (Å²) in [5.74, 6) is 1.21. The van der Waals surface area contributed by atoms with E-state index >= 15 is 0 Å². The minimum Gasteiger partial charge on any atom is -0.481 e. The Morgan fingerprint density at radius 3 is 2.61 bits per heavy atom. The maximum Gasteiger partial charge on any atom is 0.315 e. The van der Waals surface area contributed by atoms with Gasteiger partial charge in [0.2, 0.25) is 0 Å². The first-order chi connectivity index (χ1) is 8.56. The summed E-state index contributed by atoms with van der Waals surface area (Å²) in [4.78, 5) is 21.7. The van der Waals surface area contributed by atoms with Crippen LogP contribution < -0.4 is 10.6 Å². The molecule has 2 amide bonds. The van der Waals surface area contributed by atoms with Gasteiger partial charge in [-0.05, 0) is 25.5 Å². The quantitative estimate of drug-likeness (QED) is 0.534. The van der Waals surface area contributed by atoms with Crippen LogP contribution in [0.15, 0.2) is 0 Å². The molecule has 5 nitrogen and oxygen atoms in total. The van der Waals surface area contributed by atoms with Crippen molar-refractivity contribution in [3.05, 3.63) is 0 Å². The van der Waals surface area contributed by atoms with Crippen molar-refractivity contribution in [2.75, 3.05) is 18.1 Å². The Labute approximate surface area is 113 Å². The van der Waals surface area contributed by atoms with Gasteiger partial charge in [-0.15, -0.1) is 0 Å². The molecule has 0 spiro atoms. The molecule has 0 aliphatic rings. The van der Waals surface area contributed by atoms with Crippen LogP contribution in [-0.4, -0.2) is 41.2 Å². The maximum absolute atomic E-state index is 11.4. The minimum atomic E-state index is -0.761. The van der Waals surface area contributed by atoms with E-state index in [0.717, 1.165) is 24.3 Å². The summed E-state index contributed by atoms with van der Waals surface area (Å²) in [5.41, 5.74) is 0. The lowest BCUT2D eigenvalue weighted by Crippen LogP contribution is -2.42. The summed E-state index contributed by atoms with van der Waals surface area (Å²) >= 11 is 1.80. The molecule has 0 heterocycles. The Hall–Kier alpha value is -0.910. The summed E-state index contributed by atoms with van der Waals surface area (Å²) in [7, 11) is 0. The number of hydrogen-bond donors (Lipinski definition) is 3. The van der Waals surface area contributed by atoms with E-state index in [2.05, 4.69) is 17.6 Å². The van der Waals surface area contributed by atoms with Crippen molar-refractivity contribution in [2.24, 2.45) is 0 Å². The Morgan fingerprint density at radius 1 is 1.28 bits per heavy atom. The van der Waals surface area contributed by atoms with E-state index in [9.17, 15) is 9.59 Å². The lowest BCUT2D eigenvalue weighted by molar-refractivity contribution is -0.137. The maximum atomic E-state index is 11.4. The predicted molar refractivity (Wildman–Crippen MR) is 75.1 cm³/mol. The molecule has 1 unspecified atom stereocenters. The molecule has 3 N–H and O–H groups in total. The van der Waals surface area contributed by atoms with Gasteiger partial charge >= 0.3 is 12.0 Å². The first-order valence-electron chi connectivity index (χ1n) is 6.40. The van der Waals surface area contributed by atoms with Crippen molar-refractivity contribution in [3.8, 4) is 0 Å². The number of carboxylic acids is 1. The van der Waals surface area contributed by atoms with Crippen molar-refractivity contribution < 1.29 is 14.7 Å². The highest BCUT2D eigenvalue weighted by Gasteiger charge is 2.05. The average Bonchev–Trinajstić information content (AvgIpc) is 2.30. The second-order valence-corrected chi connectivity index (χ2v) is 5.48. The van der Waals surface area contributed by atoms with Crippen molar-refractivity contribution in [1.29, 1.82) is 0 Å². The number of amides is 2. The van der Waals surface area contributed by atoms with Gasteiger partial charge in [0.1, 0.15) is 0 Å². The highest BCUT2D eigenvalue weighted by atomic mass is 32.2. The number of aliphatic carboxylic acids is 1. The van der Waals surface area contributed by atoms with Crippen molar-refractivity contribution in [2.45, 2.75) is 45.6 Å². The Morgan fingerprint density at radius 2 is 2.00 bits per heavy atom. The van der Waals surface area contributed by atoms with Crippen LogP contribution in [0.1, 0.15) is 39.5 Å². The molecule has 0 aromatic rings. The molecule has 106 valence electrons. The van der Waals surface area contributed by atoms with Gasteiger partial charge in [-0.2, -0.15) is 11.8 Å². The van der Waals surface area contributed by atoms with Gasteiger partial charge in [0.15, 0.2) is 0 Å². The van der Waals surface area contributed by atoms with E-state index in [0.29, 0.717) is 13.0 Å². The van der Waals surface area contributed by atoms with Gasteiger partial charge in [0.25, 0.3) is 0 Å². The number of nitrogens with one attached hydrogen (secondary N) is 2. The van der Waals surface area contributed by atoms with Crippen molar-refractivity contribution in [1.82, 2.24) is 10.6 Å². The smallest absolute Gasteiger partial charge is 0.315 e. The van der Waals surface area contributed by atoms with Gasteiger partial charge in [-0.3, -0.25) is 4.79 Å². The van der Waals surface area contributed by atoms with E-state index < -0.39 is 5.97 Å². The summed E-state index contributed by atoms with van der Waals surface area (Å²) < 4.78 is 0. The van der Waals surface area contributed by atoms with Crippen LogP contribution in [0.25, 0.3) is 0 Å². The third kappa shape index (κ3) is 11.6. The fourth-order valence-electron chi connectivity index (χ4n) is 1.39. The standard InChI is InChI=1S/C12H24N2O3S/c1-3-18-9-10(2)14-12(17)13-8-6-4-5-7-11(15)16/h10H,3-9H2,1-2H3,(H,15,16)(H2,13,14,17). The molecule has 0 aromatic carbocycles. The molecule has 0 saturated carbocycles. The van der Waals surface area contributed by atoms with E-state index in [-0.39, 0.29) is 18.5 Å². The Bertz CT molecular complexity index is 249. The molecule has 0 aliphatic carbocycles. The molecule has 0 radical (unpaired) electrons. The van der Waals surface area contributed by atoms with Crippen molar-refractivity contribution in [3.63, 3.8) is 0 Å². The monoisotopic (exact) mass is 276 g/mol. The topological polar surface area (TPSA) is 78.4 Å². The number of urea groups is 1. The average molecular weight is 276 g/mol. The van der Waals surface area contributed by atoms with Crippen LogP contribution in [0, 0.1) is 0 Å². The van der Waals surface area contributed by atoms with Crippen LogP contribution in [0.2, 0.25) is 0 Å². The molecule has 0 fully saturated rings. The summed E-state index contributed by atoms with van der Waals surface area (Å²) in [6.45, 7) is 4.67. The molecular weight excluding hydrogens is 252 g/mol. The van der Waals surface area contributed by atoms with Gasteiger partial charge in [-0.25, -0.2) is 4.79 Å². The molecule has 0 saturated heterocycles. The van der Waals surface area contributed by atoms with Crippen LogP contribution in [0.4, 0.5) is 4.79 Å². The summed E-state index contributed by atoms with van der Waals surface area (Å²) in [6, 6.07) is 0.0272. The Balaban J connectivity index is 3.39. The van der Waals surface area contributed by atoms with Crippen LogP contribution in [0.3, 0.4) is 0 Å². The second-order valence-electron chi connectivity index (χ2n) is 4.17. The van der Waals surface area contributed by atoms with Crippen LogP contribution in [-0.2, 0) is 4.79 Å². The molecule has 18 heavy (non-hydrogen) atoms. The number of carbonyl (C=O) groups is 2. The van der Waals surface area contributed by atoms with Gasteiger partial charge < -0.3 is 15.7 Å². The van der Waals surface area contributed by atoms with Gasteiger partial charge in [0, 0.05) is 24.8 Å². The number of thioether (sulfide) groups is 1. The molecule has 6 heteroatoms. The number of unbranched alkanes of at least 4 members (excludes halogenated alkanes) is 2. The molecule has 1 atom stereocenters. The largest absolute Gasteiger partial charge is 0.481 e. The predicted octanol–water partition coefficient (Wildman–Crippen LogP) is 2.07. The molecule has 0 rings (SSSR count). The molecular formula is C12H24N2O3S. The molecule has 0 aliphatic heterocycles. The molecule has 0 bridgehead atoms. The van der Waals surface area contributed by atoms with Gasteiger partial charge in [0.05, 0.1) is 0 Å². The lowest BCUT2D eigenvalue weighted by atomic mass is 10.2. The highest BCUT2D eigenvalue weighted by molar-refractivity contribution is 7.99. The highest BCUT2D eigenvalue weighted by Crippen LogP contribution is 2.01. The normalized spacial score (nSPS) is 11.9. The molecule has 0 aromatic heterocycles. The third-order valence-electron chi connectivity index (χ3n) is 2.30. The van der Waals surface area contributed by atoms with E-state index in [1.165, 1.54) is 0 Å². The minimum absolute atomic E-state index is 0.141. The van der Waals surface area contributed by atoms with E-state index in [4.69, 9.17) is 5.11 Å². The zero-order valence-corrected chi connectivity index (χ0v) is 12.0. The summed E-state index contributed by atoms with van der Waals surface area (Å²) in [6.07, 6.45) is 2.52. The fourth-order valence-corrected chi connectivity index (χ4v) is 2.06. The first-order valence-corrected chi connectivity index (χ1v) is 7.55. The third-order valence-corrected chi connectivity index (χ3v) is 3.45. The number of carbonyl (C=O) groups excluding carboxylic acids is 1. The number of hydrogen-bond acceptors (Lipinski definition) is 3. The van der Waals surface area contributed by atoms with Crippen LogP contribution in [0.5, 0.6) is 0 Å². The zero-order valence-electron chi connectivity index (χ0n) is 11.2. The second kappa shape index (κ2) is 11.2. The first kappa shape index (κ1) is 17.1. The van der Waals surface area contributed by atoms with Gasteiger partial charge in [-0.1, -0.05) is 13.3 Å². The number of carboxylic acid groups (broad SMARTS) is 1. The van der Waals surface area contributed by atoms with E-state index in [1.807, 2.05) is 6.92 Å². The van der Waals surface area contributed by atoms with Crippen LogP contribution >= 0.6 is 11.8 Å². The Kier molecular flexibility index (Phi) is 10.6.